The summed E-state index contributed by atoms with van der Waals surface area (Å²) in [4.78, 5) is 31.0. The fourth-order valence-corrected chi connectivity index (χ4v) is 3.18. The second-order valence-corrected chi connectivity index (χ2v) is 6.45. The topological polar surface area (TPSA) is 79.3 Å². The van der Waals surface area contributed by atoms with Crippen molar-refractivity contribution in [2.24, 2.45) is 7.05 Å². The number of carbonyl (C=O) groups excluding carboxylic acids is 1. The highest BCUT2D eigenvalue weighted by molar-refractivity contribution is 5.76. The molecule has 2 aromatic rings. The molecule has 25 heavy (non-hydrogen) atoms. The van der Waals surface area contributed by atoms with Crippen LogP contribution < -0.4 is 21.1 Å². The molecule has 0 bridgehead atoms. The number of urea groups is 1. The van der Waals surface area contributed by atoms with E-state index >= 15 is 0 Å². The molecule has 3 rings (SSSR count). The number of hydrogen-bond donors (Lipinski definition) is 2. The molecule has 1 aliphatic heterocycles. The normalized spacial score (nSPS) is 15.4. The molecule has 0 saturated carbocycles. The van der Waals surface area contributed by atoms with Crippen LogP contribution in [0, 0.1) is 0 Å². The van der Waals surface area contributed by atoms with Gasteiger partial charge >= 0.3 is 6.03 Å². The lowest BCUT2D eigenvalue weighted by molar-refractivity contribution is 0.234. The van der Waals surface area contributed by atoms with Crippen molar-refractivity contribution in [3.8, 4) is 0 Å². The van der Waals surface area contributed by atoms with Gasteiger partial charge in [0.1, 0.15) is 0 Å². The van der Waals surface area contributed by atoms with E-state index in [9.17, 15) is 9.59 Å². The third-order valence-corrected chi connectivity index (χ3v) is 4.63. The standard InChI is InChI=1S/C18H25N5O2/c1-3-10-19-18(25)20-13-8-11-23(12-9-13)16-17(24)22(2)15-7-5-4-6-14(15)21-16/h4-7,13H,3,8-12H2,1-2H3,(H2,19,20,25). The average molecular weight is 343 g/mol. The Morgan fingerprint density at radius 2 is 2.00 bits per heavy atom. The highest BCUT2D eigenvalue weighted by atomic mass is 16.2. The summed E-state index contributed by atoms with van der Waals surface area (Å²) < 4.78 is 1.65. The Morgan fingerprint density at radius 1 is 1.28 bits per heavy atom. The first-order valence-electron chi connectivity index (χ1n) is 8.85. The first-order valence-corrected chi connectivity index (χ1v) is 8.85. The van der Waals surface area contributed by atoms with Crippen molar-refractivity contribution < 1.29 is 4.79 Å². The Balaban J connectivity index is 1.69. The van der Waals surface area contributed by atoms with Crippen LogP contribution in [-0.2, 0) is 7.05 Å². The number of piperidine rings is 1. The summed E-state index contributed by atoms with van der Waals surface area (Å²) in [6.07, 6.45) is 2.53. The summed E-state index contributed by atoms with van der Waals surface area (Å²) in [6, 6.07) is 7.68. The Morgan fingerprint density at radius 3 is 2.72 bits per heavy atom. The van der Waals surface area contributed by atoms with Crippen LogP contribution in [0.5, 0.6) is 0 Å². The highest BCUT2D eigenvalue weighted by Crippen LogP contribution is 2.18. The fourth-order valence-electron chi connectivity index (χ4n) is 3.18. The molecule has 0 atom stereocenters. The minimum atomic E-state index is -0.111. The number of hydrogen-bond acceptors (Lipinski definition) is 4. The predicted octanol–water partition coefficient (Wildman–Crippen LogP) is 1.61. The molecule has 0 spiro atoms. The molecule has 0 radical (unpaired) electrons. The minimum Gasteiger partial charge on any atom is -0.352 e. The average Bonchev–Trinajstić information content (AvgIpc) is 2.64. The number of para-hydroxylation sites is 2. The highest BCUT2D eigenvalue weighted by Gasteiger charge is 2.24. The molecular formula is C18H25N5O2. The van der Waals surface area contributed by atoms with E-state index < -0.39 is 0 Å². The summed E-state index contributed by atoms with van der Waals surface area (Å²) in [5.41, 5.74) is 1.57. The summed E-state index contributed by atoms with van der Waals surface area (Å²) >= 11 is 0. The molecule has 0 unspecified atom stereocenters. The lowest BCUT2D eigenvalue weighted by atomic mass is 10.1. The lowest BCUT2D eigenvalue weighted by Crippen LogP contribution is -2.49. The molecule has 1 saturated heterocycles. The number of aryl methyl sites for hydroxylation is 1. The number of carbonyl (C=O) groups is 1. The van der Waals surface area contributed by atoms with E-state index in [4.69, 9.17) is 0 Å². The molecule has 0 aliphatic carbocycles. The molecule has 1 aromatic carbocycles. The van der Waals surface area contributed by atoms with Crippen molar-refractivity contribution in [3.63, 3.8) is 0 Å². The summed E-state index contributed by atoms with van der Waals surface area (Å²) in [5.74, 6) is 0.495. The second kappa shape index (κ2) is 7.55. The predicted molar refractivity (Wildman–Crippen MR) is 99.0 cm³/mol. The van der Waals surface area contributed by atoms with Crippen molar-refractivity contribution in [1.29, 1.82) is 0 Å². The van der Waals surface area contributed by atoms with E-state index in [-0.39, 0.29) is 17.6 Å². The Hall–Kier alpha value is -2.57. The van der Waals surface area contributed by atoms with Crippen LogP contribution in [0.3, 0.4) is 0 Å². The van der Waals surface area contributed by atoms with Crippen LogP contribution in [0.4, 0.5) is 10.6 Å². The molecule has 1 aliphatic rings. The van der Waals surface area contributed by atoms with E-state index in [1.165, 1.54) is 0 Å². The number of benzene rings is 1. The lowest BCUT2D eigenvalue weighted by Gasteiger charge is -2.33. The van der Waals surface area contributed by atoms with E-state index in [1.54, 1.807) is 11.6 Å². The Kier molecular flexibility index (Phi) is 5.21. The zero-order valence-corrected chi connectivity index (χ0v) is 14.8. The van der Waals surface area contributed by atoms with E-state index in [0.29, 0.717) is 25.5 Å². The molecule has 7 nitrogen and oxygen atoms in total. The van der Waals surface area contributed by atoms with Gasteiger partial charge in [0.05, 0.1) is 11.0 Å². The summed E-state index contributed by atoms with van der Waals surface area (Å²) in [7, 11) is 1.78. The number of fused-ring (bicyclic) bond motifs is 1. The van der Waals surface area contributed by atoms with Crippen molar-refractivity contribution in [3.05, 3.63) is 34.6 Å². The fraction of sp³-hybridized carbons (Fsp3) is 0.500. The van der Waals surface area contributed by atoms with E-state index in [0.717, 1.165) is 30.3 Å². The molecule has 134 valence electrons. The van der Waals surface area contributed by atoms with Crippen LogP contribution in [-0.4, -0.2) is 41.3 Å². The number of nitrogens with one attached hydrogen (secondary N) is 2. The van der Waals surface area contributed by atoms with Gasteiger partial charge < -0.3 is 20.1 Å². The third kappa shape index (κ3) is 3.75. The van der Waals surface area contributed by atoms with Crippen molar-refractivity contribution in [1.82, 2.24) is 20.2 Å². The first kappa shape index (κ1) is 17.3. The molecule has 1 fully saturated rings. The number of nitrogens with zero attached hydrogens (tertiary/aromatic N) is 3. The van der Waals surface area contributed by atoms with Crippen LogP contribution in [0.25, 0.3) is 11.0 Å². The first-order chi connectivity index (χ1) is 12.1. The van der Waals surface area contributed by atoms with E-state index in [2.05, 4.69) is 15.6 Å². The van der Waals surface area contributed by atoms with Gasteiger partial charge in [-0.05, 0) is 31.4 Å². The van der Waals surface area contributed by atoms with Gasteiger partial charge in [-0.1, -0.05) is 19.1 Å². The molecule has 2 amide bonds. The Bertz CT molecular complexity index is 809. The number of anilines is 1. The van der Waals surface area contributed by atoms with Crippen molar-refractivity contribution >= 4 is 22.9 Å². The van der Waals surface area contributed by atoms with Crippen LogP contribution in [0.15, 0.2) is 29.1 Å². The molecule has 2 N–H and O–H groups in total. The number of aromatic nitrogens is 2. The van der Waals surface area contributed by atoms with Gasteiger partial charge in [-0.15, -0.1) is 0 Å². The Labute approximate surface area is 147 Å². The third-order valence-electron chi connectivity index (χ3n) is 4.63. The zero-order valence-electron chi connectivity index (χ0n) is 14.8. The molecule has 7 heteroatoms. The molecule has 2 heterocycles. The van der Waals surface area contributed by atoms with Gasteiger partial charge in [-0.2, -0.15) is 0 Å². The summed E-state index contributed by atoms with van der Waals surface area (Å²) in [6.45, 7) is 4.12. The van der Waals surface area contributed by atoms with Crippen LogP contribution >= 0.6 is 0 Å². The van der Waals surface area contributed by atoms with Gasteiger partial charge in [0.25, 0.3) is 5.56 Å². The van der Waals surface area contributed by atoms with Gasteiger partial charge in [-0.3, -0.25) is 4.79 Å². The second-order valence-electron chi connectivity index (χ2n) is 6.45. The van der Waals surface area contributed by atoms with Gasteiger partial charge in [-0.25, -0.2) is 9.78 Å². The van der Waals surface area contributed by atoms with Gasteiger partial charge in [0.15, 0.2) is 5.82 Å². The maximum atomic E-state index is 12.6. The zero-order chi connectivity index (χ0) is 17.8. The van der Waals surface area contributed by atoms with E-state index in [1.807, 2.05) is 36.1 Å². The molecule has 1 aromatic heterocycles. The minimum absolute atomic E-state index is 0.0780. The van der Waals surface area contributed by atoms with Crippen LogP contribution in [0.2, 0.25) is 0 Å². The smallest absolute Gasteiger partial charge is 0.315 e. The summed E-state index contributed by atoms with van der Waals surface area (Å²) in [5, 5.41) is 5.83. The van der Waals surface area contributed by atoms with Crippen molar-refractivity contribution in [2.45, 2.75) is 32.2 Å². The van der Waals surface area contributed by atoms with Gasteiger partial charge in [0, 0.05) is 32.7 Å². The largest absolute Gasteiger partial charge is 0.352 e. The number of amides is 2. The van der Waals surface area contributed by atoms with Crippen LogP contribution in [0.1, 0.15) is 26.2 Å². The molecular weight excluding hydrogens is 318 g/mol. The number of rotatable bonds is 4. The van der Waals surface area contributed by atoms with Crippen molar-refractivity contribution in [2.75, 3.05) is 24.5 Å². The maximum Gasteiger partial charge on any atom is 0.315 e. The quantitative estimate of drug-likeness (QED) is 0.884. The van der Waals surface area contributed by atoms with Gasteiger partial charge in [0.2, 0.25) is 0 Å². The monoisotopic (exact) mass is 343 g/mol. The SMILES string of the molecule is CCCNC(=O)NC1CCN(c2nc3ccccc3n(C)c2=O)CC1. The maximum absolute atomic E-state index is 12.6.